The van der Waals surface area contributed by atoms with Crippen LogP contribution in [0, 0.1) is 6.92 Å². The quantitative estimate of drug-likeness (QED) is 0.859. The summed E-state index contributed by atoms with van der Waals surface area (Å²) >= 11 is 1.54. The van der Waals surface area contributed by atoms with Crippen molar-refractivity contribution in [3.05, 3.63) is 46.5 Å². The van der Waals surface area contributed by atoms with Crippen LogP contribution in [0.15, 0.2) is 29.6 Å². The van der Waals surface area contributed by atoms with E-state index in [1.165, 1.54) is 22.5 Å². The number of thiazole rings is 1. The van der Waals surface area contributed by atoms with Gasteiger partial charge in [0, 0.05) is 18.8 Å². The van der Waals surface area contributed by atoms with Crippen molar-refractivity contribution in [2.45, 2.75) is 26.3 Å². The highest BCUT2D eigenvalue weighted by Crippen LogP contribution is 2.14. The van der Waals surface area contributed by atoms with Gasteiger partial charge in [0.25, 0.3) is 0 Å². The van der Waals surface area contributed by atoms with Gasteiger partial charge in [0.15, 0.2) is 5.13 Å². The molecule has 0 bridgehead atoms. The number of anilines is 1. The van der Waals surface area contributed by atoms with Gasteiger partial charge < -0.3 is 10.6 Å². The first-order chi connectivity index (χ1) is 9.69. The van der Waals surface area contributed by atoms with Crippen molar-refractivity contribution >= 4 is 22.4 Å². The molecule has 0 spiro atoms. The van der Waals surface area contributed by atoms with Gasteiger partial charge in [-0.1, -0.05) is 24.3 Å². The molecule has 0 aliphatic heterocycles. The number of carbonyl (C=O) groups excluding carboxylic acids is 1. The highest BCUT2D eigenvalue weighted by Gasteiger charge is 2.05. The van der Waals surface area contributed by atoms with Gasteiger partial charge in [-0.15, -0.1) is 11.3 Å². The summed E-state index contributed by atoms with van der Waals surface area (Å²) in [5.74, 6) is 0.0623. The summed E-state index contributed by atoms with van der Waals surface area (Å²) in [5, 5.41) is 8.71. The lowest BCUT2D eigenvalue weighted by atomic mass is 10.0. The van der Waals surface area contributed by atoms with Crippen LogP contribution in [0.25, 0.3) is 0 Å². The van der Waals surface area contributed by atoms with Crippen molar-refractivity contribution in [1.29, 1.82) is 0 Å². The van der Waals surface area contributed by atoms with Gasteiger partial charge in [0.1, 0.15) is 0 Å². The third-order valence-corrected chi connectivity index (χ3v) is 4.02. The fourth-order valence-corrected chi connectivity index (χ4v) is 2.59. The van der Waals surface area contributed by atoms with Crippen molar-refractivity contribution in [3.8, 4) is 0 Å². The van der Waals surface area contributed by atoms with Crippen molar-refractivity contribution in [3.63, 3.8) is 0 Å². The van der Waals surface area contributed by atoms with E-state index in [4.69, 9.17) is 0 Å². The minimum absolute atomic E-state index is 0.0623. The minimum atomic E-state index is 0.0623. The second-order valence-electron chi connectivity index (χ2n) is 4.60. The van der Waals surface area contributed by atoms with E-state index in [0.717, 1.165) is 17.2 Å². The van der Waals surface area contributed by atoms with Gasteiger partial charge >= 0.3 is 0 Å². The number of hydrogen-bond acceptors (Lipinski definition) is 4. The van der Waals surface area contributed by atoms with Gasteiger partial charge in [0.2, 0.25) is 5.91 Å². The number of nitrogens with one attached hydrogen (secondary N) is 2. The first kappa shape index (κ1) is 14.5. The molecule has 4 nitrogen and oxygen atoms in total. The third-order valence-electron chi connectivity index (χ3n) is 3.11. The molecule has 20 heavy (non-hydrogen) atoms. The normalized spacial score (nSPS) is 10.3. The molecule has 0 fully saturated rings. The summed E-state index contributed by atoms with van der Waals surface area (Å²) in [5.41, 5.74) is 3.36. The summed E-state index contributed by atoms with van der Waals surface area (Å²) in [4.78, 5) is 16.2. The van der Waals surface area contributed by atoms with Crippen LogP contribution in [-0.2, 0) is 17.8 Å². The van der Waals surface area contributed by atoms with Gasteiger partial charge in [-0.25, -0.2) is 4.98 Å². The lowest BCUT2D eigenvalue weighted by Gasteiger charge is -2.06. The zero-order valence-electron chi connectivity index (χ0n) is 11.8. The smallest absolute Gasteiger partial charge is 0.220 e. The monoisotopic (exact) mass is 289 g/mol. The second-order valence-corrected chi connectivity index (χ2v) is 5.46. The average molecular weight is 289 g/mol. The van der Waals surface area contributed by atoms with Crippen LogP contribution in [0.2, 0.25) is 0 Å². The molecule has 2 aromatic rings. The predicted molar refractivity (Wildman–Crippen MR) is 83.0 cm³/mol. The van der Waals surface area contributed by atoms with Crippen molar-refractivity contribution < 1.29 is 4.79 Å². The molecule has 1 amide bonds. The number of nitrogens with zero attached hydrogens (tertiary/aromatic N) is 1. The Kier molecular flexibility index (Phi) is 5.12. The number of amides is 1. The van der Waals surface area contributed by atoms with E-state index >= 15 is 0 Å². The Labute approximate surface area is 123 Å². The number of hydrogen-bond donors (Lipinski definition) is 2. The Hall–Kier alpha value is -1.88. The maximum atomic E-state index is 11.8. The molecule has 0 aliphatic rings. The molecular formula is C15H19N3OS. The van der Waals surface area contributed by atoms with E-state index < -0.39 is 0 Å². The molecule has 2 rings (SSSR count). The summed E-state index contributed by atoms with van der Waals surface area (Å²) in [6, 6.07) is 8.17. The summed E-state index contributed by atoms with van der Waals surface area (Å²) in [6.07, 6.45) is 1.28. The van der Waals surface area contributed by atoms with E-state index in [-0.39, 0.29) is 5.91 Å². The Bertz CT molecular complexity index is 580. The molecule has 0 radical (unpaired) electrons. The number of rotatable bonds is 6. The van der Waals surface area contributed by atoms with Gasteiger partial charge in [-0.2, -0.15) is 0 Å². The molecule has 1 aromatic heterocycles. The highest BCUT2D eigenvalue weighted by molar-refractivity contribution is 7.13. The first-order valence-corrected chi connectivity index (χ1v) is 7.50. The molecule has 1 heterocycles. The molecule has 106 valence electrons. The van der Waals surface area contributed by atoms with Gasteiger partial charge in [-0.3, -0.25) is 4.79 Å². The van der Waals surface area contributed by atoms with E-state index in [2.05, 4.69) is 34.7 Å². The minimum Gasteiger partial charge on any atom is -0.365 e. The van der Waals surface area contributed by atoms with Crippen molar-refractivity contribution in [2.75, 3.05) is 12.4 Å². The highest BCUT2D eigenvalue weighted by atomic mass is 32.1. The molecule has 0 unspecified atom stereocenters. The Morgan fingerprint density at radius 1 is 1.35 bits per heavy atom. The molecular weight excluding hydrogens is 270 g/mol. The lowest BCUT2D eigenvalue weighted by Crippen LogP contribution is -2.23. The lowest BCUT2D eigenvalue weighted by molar-refractivity contribution is -0.121. The molecule has 0 aliphatic carbocycles. The molecule has 0 atom stereocenters. The van der Waals surface area contributed by atoms with E-state index in [9.17, 15) is 4.79 Å². The summed E-state index contributed by atoms with van der Waals surface area (Å²) in [6.45, 7) is 2.56. The summed E-state index contributed by atoms with van der Waals surface area (Å²) in [7, 11) is 1.84. The van der Waals surface area contributed by atoms with E-state index in [1.54, 1.807) is 0 Å². The fraction of sp³-hybridized carbons (Fsp3) is 0.333. The predicted octanol–water partition coefficient (Wildman–Crippen LogP) is 2.74. The third kappa shape index (κ3) is 4.06. The fourth-order valence-electron chi connectivity index (χ4n) is 1.92. The molecule has 0 saturated heterocycles. The zero-order valence-corrected chi connectivity index (χ0v) is 12.6. The van der Waals surface area contributed by atoms with E-state index in [0.29, 0.717) is 13.0 Å². The number of carbonyl (C=O) groups is 1. The SMILES string of the molecule is CNc1nc(CNC(=O)CCc2ccccc2C)cs1. The number of aryl methyl sites for hydroxylation is 2. The number of aromatic nitrogens is 1. The largest absolute Gasteiger partial charge is 0.365 e. The van der Waals surface area contributed by atoms with Crippen LogP contribution >= 0.6 is 11.3 Å². The van der Waals surface area contributed by atoms with Crippen LogP contribution < -0.4 is 10.6 Å². The Balaban J connectivity index is 1.77. The number of benzene rings is 1. The maximum absolute atomic E-state index is 11.8. The van der Waals surface area contributed by atoms with Crippen LogP contribution in [0.1, 0.15) is 23.2 Å². The van der Waals surface area contributed by atoms with Crippen LogP contribution in [0.4, 0.5) is 5.13 Å². The van der Waals surface area contributed by atoms with Crippen LogP contribution in [-0.4, -0.2) is 17.9 Å². The zero-order chi connectivity index (χ0) is 14.4. The topological polar surface area (TPSA) is 54.0 Å². The van der Waals surface area contributed by atoms with Gasteiger partial charge in [-0.05, 0) is 24.5 Å². The Morgan fingerprint density at radius 2 is 2.15 bits per heavy atom. The average Bonchev–Trinajstić information content (AvgIpc) is 2.92. The summed E-state index contributed by atoms with van der Waals surface area (Å²) < 4.78 is 0. The van der Waals surface area contributed by atoms with Crippen LogP contribution in [0.3, 0.4) is 0 Å². The standard InChI is InChI=1S/C15H19N3OS/c1-11-5-3-4-6-12(11)7-8-14(19)17-9-13-10-20-15(16-2)18-13/h3-6,10H,7-9H2,1-2H3,(H,16,18)(H,17,19). The second kappa shape index (κ2) is 7.05. The maximum Gasteiger partial charge on any atom is 0.220 e. The van der Waals surface area contributed by atoms with Crippen molar-refractivity contribution in [1.82, 2.24) is 10.3 Å². The first-order valence-electron chi connectivity index (χ1n) is 6.62. The molecule has 1 aromatic carbocycles. The molecule has 2 N–H and O–H groups in total. The van der Waals surface area contributed by atoms with Crippen molar-refractivity contribution in [2.24, 2.45) is 0 Å². The van der Waals surface area contributed by atoms with E-state index in [1.807, 2.05) is 24.6 Å². The Morgan fingerprint density at radius 3 is 2.85 bits per heavy atom. The van der Waals surface area contributed by atoms with Crippen LogP contribution in [0.5, 0.6) is 0 Å². The molecule has 5 heteroatoms. The van der Waals surface area contributed by atoms with Gasteiger partial charge in [0.05, 0.1) is 12.2 Å². The molecule has 0 saturated carbocycles.